The molecule has 0 unspecified atom stereocenters. The molecular formula is C14H19N5O2. The summed E-state index contributed by atoms with van der Waals surface area (Å²) in [5, 5.41) is 6.29. The van der Waals surface area contributed by atoms with Crippen LogP contribution < -0.4 is 16.4 Å². The first-order chi connectivity index (χ1) is 9.99. The maximum absolute atomic E-state index is 12.0. The third kappa shape index (κ3) is 3.44. The van der Waals surface area contributed by atoms with Crippen molar-refractivity contribution in [1.29, 1.82) is 0 Å². The zero-order chi connectivity index (χ0) is 15.4. The van der Waals surface area contributed by atoms with E-state index in [1.165, 1.54) is 4.90 Å². The largest absolute Gasteiger partial charge is 0.397 e. The highest BCUT2D eigenvalue weighted by Gasteiger charge is 2.10. The van der Waals surface area contributed by atoms with Gasteiger partial charge in [0.1, 0.15) is 5.69 Å². The molecule has 0 radical (unpaired) electrons. The van der Waals surface area contributed by atoms with E-state index >= 15 is 0 Å². The van der Waals surface area contributed by atoms with Crippen LogP contribution in [0.4, 0.5) is 10.5 Å². The number of aromatic amines is 1. The number of aromatic nitrogens is 1. The zero-order valence-electron chi connectivity index (χ0n) is 12.1. The van der Waals surface area contributed by atoms with E-state index in [1.807, 2.05) is 12.1 Å². The summed E-state index contributed by atoms with van der Waals surface area (Å²) in [5.41, 5.74) is 7.64. The van der Waals surface area contributed by atoms with Crippen molar-refractivity contribution < 1.29 is 9.59 Å². The number of benzene rings is 1. The summed E-state index contributed by atoms with van der Waals surface area (Å²) in [6.45, 7) is 0.717. The van der Waals surface area contributed by atoms with E-state index in [1.54, 1.807) is 26.2 Å². The summed E-state index contributed by atoms with van der Waals surface area (Å²) in [7, 11) is 3.31. The number of carbonyl (C=O) groups is 2. The van der Waals surface area contributed by atoms with Crippen molar-refractivity contribution in [3.8, 4) is 0 Å². The van der Waals surface area contributed by atoms with E-state index < -0.39 is 0 Å². The van der Waals surface area contributed by atoms with Crippen LogP contribution in [-0.2, 0) is 0 Å². The number of nitrogens with one attached hydrogen (secondary N) is 3. The number of carbonyl (C=O) groups excluding carboxylic acids is 2. The molecule has 112 valence electrons. The van der Waals surface area contributed by atoms with E-state index in [4.69, 9.17) is 5.73 Å². The fourth-order valence-electron chi connectivity index (χ4n) is 1.90. The molecule has 7 nitrogen and oxygen atoms in total. The maximum Gasteiger partial charge on any atom is 0.316 e. The molecule has 7 heteroatoms. The SMILES string of the molecule is CN(C)C(=O)NCCNC(=O)c1cc2cccc(N)c2[nH]1. The van der Waals surface area contributed by atoms with Gasteiger partial charge in [0.25, 0.3) is 5.91 Å². The summed E-state index contributed by atoms with van der Waals surface area (Å²) < 4.78 is 0. The van der Waals surface area contributed by atoms with Crippen LogP contribution in [0.1, 0.15) is 10.5 Å². The third-order valence-electron chi connectivity index (χ3n) is 3.03. The molecule has 0 fully saturated rings. The van der Waals surface area contributed by atoms with Gasteiger partial charge in [0, 0.05) is 32.6 Å². The first-order valence-electron chi connectivity index (χ1n) is 6.59. The second-order valence-electron chi connectivity index (χ2n) is 4.88. The van der Waals surface area contributed by atoms with Crippen molar-refractivity contribution in [2.24, 2.45) is 0 Å². The highest BCUT2D eigenvalue weighted by molar-refractivity contribution is 6.00. The number of amides is 3. The third-order valence-corrected chi connectivity index (χ3v) is 3.03. The summed E-state index contributed by atoms with van der Waals surface area (Å²) in [6, 6.07) is 7.05. The van der Waals surface area contributed by atoms with Crippen molar-refractivity contribution in [1.82, 2.24) is 20.5 Å². The summed E-state index contributed by atoms with van der Waals surface area (Å²) in [4.78, 5) is 27.7. The number of nitrogens with two attached hydrogens (primary N) is 1. The summed E-state index contributed by atoms with van der Waals surface area (Å²) >= 11 is 0. The minimum atomic E-state index is -0.232. The van der Waals surface area contributed by atoms with Gasteiger partial charge in [-0.2, -0.15) is 0 Å². The Morgan fingerprint density at radius 2 is 1.95 bits per heavy atom. The number of hydrogen-bond acceptors (Lipinski definition) is 3. The number of para-hydroxylation sites is 1. The number of fused-ring (bicyclic) bond motifs is 1. The first kappa shape index (κ1) is 14.7. The van der Waals surface area contributed by atoms with Crippen molar-refractivity contribution >= 4 is 28.5 Å². The summed E-state index contributed by atoms with van der Waals surface area (Å²) in [6.07, 6.45) is 0. The van der Waals surface area contributed by atoms with Gasteiger partial charge in [0.05, 0.1) is 11.2 Å². The molecular weight excluding hydrogens is 270 g/mol. The molecule has 0 saturated heterocycles. The lowest BCUT2D eigenvalue weighted by atomic mass is 10.2. The number of urea groups is 1. The van der Waals surface area contributed by atoms with Gasteiger partial charge in [-0.05, 0) is 12.1 Å². The number of H-pyrrole nitrogens is 1. The minimum absolute atomic E-state index is 0.192. The smallest absolute Gasteiger partial charge is 0.316 e. The molecule has 0 aliphatic heterocycles. The standard InChI is InChI=1S/C14H19N5O2/c1-19(2)14(21)17-7-6-16-13(20)11-8-9-4-3-5-10(15)12(9)18-11/h3-5,8,18H,6-7,15H2,1-2H3,(H,16,20)(H,17,21). The van der Waals surface area contributed by atoms with Gasteiger partial charge in [0.2, 0.25) is 0 Å². The maximum atomic E-state index is 12.0. The molecule has 3 amide bonds. The van der Waals surface area contributed by atoms with Crippen LogP contribution in [0.15, 0.2) is 24.3 Å². The molecule has 0 spiro atoms. The van der Waals surface area contributed by atoms with Crippen LogP contribution >= 0.6 is 0 Å². The number of anilines is 1. The molecule has 0 saturated carbocycles. The van der Waals surface area contributed by atoms with Gasteiger partial charge in [0.15, 0.2) is 0 Å². The molecule has 0 aliphatic rings. The number of nitrogen functional groups attached to an aromatic ring is 1. The van der Waals surface area contributed by atoms with Crippen molar-refractivity contribution in [3.63, 3.8) is 0 Å². The normalized spacial score (nSPS) is 10.4. The molecule has 0 atom stereocenters. The van der Waals surface area contributed by atoms with Gasteiger partial charge in [-0.3, -0.25) is 4.79 Å². The van der Waals surface area contributed by atoms with Crippen LogP contribution in [0.3, 0.4) is 0 Å². The van der Waals surface area contributed by atoms with E-state index in [2.05, 4.69) is 15.6 Å². The summed E-state index contributed by atoms with van der Waals surface area (Å²) in [5.74, 6) is -0.232. The van der Waals surface area contributed by atoms with Crippen LogP contribution in [0.25, 0.3) is 10.9 Å². The predicted octanol–water partition coefficient (Wildman–Crippen LogP) is 0.751. The number of nitrogens with zero attached hydrogens (tertiary/aromatic N) is 1. The Bertz CT molecular complexity index is 662. The van der Waals surface area contributed by atoms with Gasteiger partial charge >= 0.3 is 6.03 Å². The highest BCUT2D eigenvalue weighted by Crippen LogP contribution is 2.20. The second-order valence-corrected chi connectivity index (χ2v) is 4.88. The highest BCUT2D eigenvalue weighted by atomic mass is 16.2. The molecule has 2 aromatic rings. The molecule has 0 bridgehead atoms. The van der Waals surface area contributed by atoms with E-state index in [0.717, 1.165) is 10.9 Å². The number of rotatable bonds is 4. The molecule has 5 N–H and O–H groups in total. The van der Waals surface area contributed by atoms with Crippen molar-refractivity contribution in [2.45, 2.75) is 0 Å². The van der Waals surface area contributed by atoms with Gasteiger partial charge in [-0.15, -0.1) is 0 Å². The quantitative estimate of drug-likeness (QED) is 0.493. The average molecular weight is 289 g/mol. The molecule has 1 aromatic carbocycles. The van der Waals surface area contributed by atoms with E-state index in [0.29, 0.717) is 24.5 Å². The van der Waals surface area contributed by atoms with E-state index in [-0.39, 0.29) is 11.9 Å². The molecule has 1 aromatic heterocycles. The predicted molar refractivity (Wildman–Crippen MR) is 82.1 cm³/mol. The Labute approximate surface area is 122 Å². The average Bonchev–Trinajstić information content (AvgIpc) is 2.88. The van der Waals surface area contributed by atoms with E-state index in [9.17, 15) is 9.59 Å². The van der Waals surface area contributed by atoms with Gasteiger partial charge in [-0.1, -0.05) is 12.1 Å². The van der Waals surface area contributed by atoms with Gasteiger partial charge < -0.3 is 26.3 Å². The fraction of sp³-hybridized carbons (Fsp3) is 0.286. The van der Waals surface area contributed by atoms with Crippen LogP contribution in [-0.4, -0.2) is 49.0 Å². The Kier molecular flexibility index (Phi) is 4.32. The topological polar surface area (TPSA) is 103 Å². The second kappa shape index (κ2) is 6.17. The Morgan fingerprint density at radius 3 is 2.62 bits per heavy atom. The van der Waals surface area contributed by atoms with Crippen LogP contribution in [0.5, 0.6) is 0 Å². The molecule has 0 aliphatic carbocycles. The Hall–Kier alpha value is -2.70. The molecule has 21 heavy (non-hydrogen) atoms. The first-order valence-corrected chi connectivity index (χ1v) is 6.59. The lowest BCUT2D eigenvalue weighted by molar-refractivity contribution is 0.0949. The van der Waals surface area contributed by atoms with Crippen LogP contribution in [0, 0.1) is 0 Å². The van der Waals surface area contributed by atoms with Crippen LogP contribution in [0.2, 0.25) is 0 Å². The zero-order valence-corrected chi connectivity index (χ0v) is 12.1. The van der Waals surface area contributed by atoms with Crippen molar-refractivity contribution in [2.75, 3.05) is 32.9 Å². The molecule has 2 rings (SSSR count). The fourth-order valence-corrected chi connectivity index (χ4v) is 1.90. The Balaban J connectivity index is 1.91. The molecule has 1 heterocycles. The Morgan fingerprint density at radius 1 is 1.24 bits per heavy atom. The van der Waals surface area contributed by atoms with Gasteiger partial charge in [-0.25, -0.2) is 4.79 Å². The number of hydrogen-bond donors (Lipinski definition) is 4. The lowest BCUT2D eigenvalue weighted by Crippen LogP contribution is -2.39. The minimum Gasteiger partial charge on any atom is -0.397 e. The lowest BCUT2D eigenvalue weighted by Gasteiger charge is -2.11. The van der Waals surface area contributed by atoms with Crippen molar-refractivity contribution in [3.05, 3.63) is 30.0 Å². The monoisotopic (exact) mass is 289 g/mol.